The van der Waals surface area contributed by atoms with Crippen molar-refractivity contribution in [3.8, 4) is 0 Å². The number of halogens is 1. The van der Waals surface area contributed by atoms with Gasteiger partial charge < -0.3 is 15.8 Å². The molecule has 1 aliphatic rings. The van der Waals surface area contributed by atoms with Gasteiger partial charge in [-0.2, -0.15) is 0 Å². The van der Waals surface area contributed by atoms with E-state index in [4.69, 9.17) is 10.5 Å². The van der Waals surface area contributed by atoms with E-state index in [1.807, 2.05) is 6.92 Å². The summed E-state index contributed by atoms with van der Waals surface area (Å²) in [5.74, 6) is 0.525. The average molecular weight is 410 g/mol. The lowest BCUT2D eigenvalue weighted by Gasteiger charge is -2.33. The molecule has 114 valence electrons. The highest BCUT2D eigenvalue weighted by atomic mass is 127. The molecule has 7 heteroatoms. The molecule has 2 rings (SSSR count). The number of nitrogens with zero attached hydrogens (tertiary/aromatic N) is 2. The fourth-order valence-corrected chi connectivity index (χ4v) is 3.03. The molecule has 0 radical (unpaired) electrons. The Kier molecular flexibility index (Phi) is 8.43. The zero-order valence-corrected chi connectivity index (χ0v) is 14.9. The first-order valence-corrected chi connectivity index (χ1v) is 7.58. The van der Waals surface area contributed by atoms with Crippen LogP contribution in [0.25, 0.3) is 0 Å². The summed E-state index contributed by atoms with van der Waals surface area (Å²) < 4.78 is 5.42. The number of guanidine groups is 1. The van der Waals surface area contributed by atoms with Crippen LogP contribution in [0.3, 0.4) is 0 Å². The molecule has 1 fully saturated rings. The Hall–Kier alpha value is -0.380. The van der Waals surface area contributed by atoms with Crippen molar-refractivity contribution < 1.29 is 4.74 Å². The number of rotatable bonds is 5. The van der Waals surface area contributed by atoms with Crippen LogP contribution in [0.1, 0.15) is 17.8 Å². The van der Waals surface area contributed by atoms with Crippen LogP contribution in [-0.4, -0.2) is 50.3 Å². The highest BCUT2D eigenvalue weighted by Crippen LogP contribution is 2.26. The summed E-state index contributed by atoms with van der Waals surface area (Å²) in [5.41, 5.74) is 5.81. The maximum absolute atomic E-state index is 5.81. The summed E-state index contributed by atoms with van der Waals surface area (Å²) >= 11 is 1.78. The third kappa shape index (κ3) is 5.19. The minimum atomic E-state index is 0. The summed E-state index contributed by atoms with van der Waals surface area (Å²) in [4.78, 5) is 8.22. The number of hydrogen-bond donors (Lipinski definition) is 2. The van der Waals surface area contributed by atoms with E-state index in [0.717, 1.165) is 32.8 Å². The van der Waals surface area contributed by atoms with Crippen LogP contribution in [0, 0.1) is 0 Å². The van der Waals surface area contributed by atoms with Gasteiger partial charge in [-0.25, -0.2) is 0 Å². The predicted molar refractivity (Wildman–Crippen MR) is 95.0 cm³/mol. The molecule has 2 heterocycles. The fraction of sp³-hybridized carbons (Fsp3) is 0.615. The topological polar surface area (TPSA) is 62.9 Å². The first kappa shape index (κ1) is 17.7. The van der Waals surface area contributed by atoms with E-state index >= 15 is 0 Å². The molecule has 3 N–H and O–H groups in total. The molecule has 20 heavy (non-hydrogen) atoms. The van der Waals surface area contributed by atoms with Gasteiger partial charge in [0, 0.05) is 24.5 Å². The molecule has 0 amide bonds. The summed E-state index contributed by atoms with van der Waals surface area (Å²) in [7, 11) is 0. The molecule has 5 nitrogen and oxygen atoms in total. The standard InChI is InChI=1S/C13H22N4OS.HI/c1-2-15-13(14)16-10-11(12-4-3-9-19-12)17-5-7-18-8-6-17;/h3-4,9,11H,2,5-8,10H2,1H3,(H3,14,15,16);1H. The van der Waals surface area contributed by atoms with Gasteiger partial charge in [0.2, 0.25) is 0 Å². The number of thiophene rings is 1. The Morgan fingerprint density at radius 3 is 2.90 bits per heavy atom. The molecule has 1 aliphatic heterocycles. The molecule has 1 saturated heterocycles. The molecule has 0 spiro atoms. The molecule has 0 bridgehead atoms. The number of nitrogens with one attached hydrogen (secondary N) is 1. The maximum atomic E-state index is 5.81. The van der Waals surface area contributed by atoms with Crippen molar-refractivity contribution in [2.75, 3.05) is 39.4 Å². The van der Waals surface area contributed by atoms with E-state index in [0.29, 0.717) is 18.5 Å². The number of ether oxygens (including phenoxy) is 1. The zero-order chi connectivity index (χ0) is 13.5. The van der Waals surface area contributed by atoms with E-state index < -0.39 is 0 Å². The van der Waals surface area contributed by atoms with Gasteiger partial charge in [0.1, 0.15) is 0 Å². The number of morpholine rings is 1. The Morgan fingerprint density at radius 2 is 2.30 bits per heavy atom. The van der Waals surface area contributed by atoms with Crippen molar-refractivity contribution in [1.82, 2.24) is 10.2 Å². The number of aliphatic imine (C=N–C) groups is 1. The monoisotopic (exact) mass is 410 g/mol. The smallest absolute Gasteiger partial charge is 0.188 e. The van der Waals surface area contributed by atoms with Gasteiger partial charge in [-0.15, -0.1) is 35.3 Å². The average Bonchev–Trinajstić information content (AvgIpc) is 2.94. The van der Waals surface area contributed by atoms with E-state index in [1.54, 1.807) is 11.3 Å². The fourth-order valence-electron chi connectivity index (χ4n) is 2.18. The summed E-state index contributed by atoms with van der Waals surface area (Å²) in [6, 6.07) is 4.57. The lowest BCUT2D eigenvalue weighted by Crippen LogP contribution is -2.40. The van der Waals surface area contributed by atoms with Crippen molar-refractivity contribution in [1.29, 1.82) is 0 Å². The molecule has 1 aromatic heterocycles. The Labute approximate surface area is 141 Å². The van der Waals surface area contributed by atoms with Crippen molar-refractivity contribution in [2.24, 2.45) is 10.7 Å². The zero-order valence-electron chi connectivity index (χ0n) is 11.7. The van der Waals surface area contributed by atoms with Crippen LogP contribution in [0.5, 0.6) is 0 Å². The second-order valence-corrected chi connectivity index (χ2v) is 5.42. The van der Waals surface area contributed by atoms with Crippen molar-refractivity contribution in [3.05, 3.63) is 22.4 Å². The van der Waals surface area contributed by atoms with E-state index in [-0.39, 0.29) is 24.0 Å². The quantitative estimate of drug-likeness (QED) is 0.441. The lowest BCUT2D eigenvalue weighted by molar-refractivity contribution is 0.0187. The van der Waals surface area contributed by atoms with Crippen LogP contribution in [0.15, 0.2) is 22.5 Å². The maximum Gasteiger partial charge on any atom is 0.188 e. The third-order valence-corrected chi connectivity index (χ3v) is 4.12. The Balaban J connectivity index is 0.00000200. The van der Waals surface area contributed by atoms with Crippen LogP contribution >= 0.6 is 35.3 Å². The summed E-state index contributed by atoms with van der Waals surface area (Å²) in [6.45, 7) is 7.03. The number of nitrogens with two attached hydrogens (primary N) is 1. The normalized spacial score (nSPS) is 18.4. The van der Waals surface area contributed by atoms with Gasteiger partial charge in [0.05, 0.1) is 25.8 Å². The van der Waals surface area contributed by atoms with Gasteiger partial charge in [-0.3, -0.25) is 9.89 Å². The van der Waals surface area contributed by atoms with Crippen molar-refractivity contribution in [2.45, 2.75) is 13.0 Å². The highest BCUT2D eigenvalue weighted by Gasteiger charge is 2.23. The van der Waals surface area contributed by atoms with Gasteiger partial charge in [0.25, 0.3) is 0 Å². The first-order chi connectivity index (χ1) is 9.31. The lowest BCUT2D eigenvalue weighted by atomic mass is 10.2. The molecule has 1 atom stereocenters. The minimum Gasteiger partial charge on any atom is -0.379 e. The van der Waals surface area contributed by atoms with Crippen molar-refractivity contribution in [3.63, 3.8) is 0 Å². The third-order valence-electron chi connectivity index (χ3n) is 3.15. The molecular formula is C13H23IN4OS. The summed E-state index contributed by atoms with van der Waals surface area (Å²) in [6.07, 6.45) is 0. The molecule has 1 unspecified atom stereocenters. The van der Waals surface area contributed by atoms with Gasteiger partial charge in [0.15, 0.2) is 5.96 Å². The molecular weight excluding hydrogens is 387 g/mol. The van der Waals surface area contributed by atoms with Gasteiger partial charge >= 0.3 is 0 Å². The minimum absolute atomic E-state index is 0. The Morgan fingerprint density at radius 1 is 1.55 bits per heavy atom. The SMILES string of the molecule is CCNC(N)=NCC(c1cccs1)N1CCOCC1.I. The van der Waals surface area contributed by atoms with Crippen LogP contribution in [-0.2, 0) is 4.74 Å². The van der Waals surface area contributed by atoms with E-state index in [9.17, 15) is 0 Å². The predicted octanol–water partition coefficient (Wildman–Crippen LogP) is 1.66. The molecule has 0 aromatic carbocycles. The largest absolute Gasteiger partial charge is 0.379 e. The Bertz CT molecular complexity index is 393. The highest BCUT2D eigenvalue weighted by molar-refractivity contribution is 14.0. The second-order valence-electron chi connectivity index (χ2n) is 4.44. The number of hydrogen-bond acceptors (Lipinski definition) is 4. The second kappa shape index (κ2) is 9.54. The van der Waals surface area contributed by atoms with Crippen LogP contribution < -0.4 is 11.1 Å². The van der Waals surface area contributed by atoms with Crippen LogP contribution in [0.4, 0.5) is 0 Å². The molecule has 1 aromatic rings. The van der Waals surface area contributed by atoms with Gasteiger partial charge in [-0.1, -0.05) is 6.07 Å². The van der Waals surface area contributed by atoms with E-state index in [1.165, 1.54) is 4.88 Å². The van der Waals surface area contributed by atoms with Gasteiger partial charge in [-0.05, 0) is 18.4 Å². The molecule has 0 saturated carbocycles. The van der Waals surface area contributed by atoms with Crippen LogP contribution in [0.2, 0.25) is 0 Å². The van der Waals surface area contributed by atoms with E-state index in [2.05, 4.69) is 32.7 Å². The summed E-state index contributed by atoms with van der Waals surface area (Å²) in [5, 5.41) is 5.15. The first-order valence-electron chi connectivity index (χ1n) is 6.70. The van der Waals surface area contributed by atoms with Crippen molar-refractivity contribution >= 4 is 41.3 Å². The molecule has 0 aliphatic carbocycles.